The molecule has 0 saturated carbocycles. The second kappa shape index (κ2) is 21.4. The summed E-state index contributed by atoms with van der Waals surface area (Å²) < 4.78 is 19.6. The van der Waals surface area contributed by atoms with Crippen LogP contribution in [0.15, 0.2) is 91.0 Å². The molecule has 0 unspecified atom stereocenters. The van der Waals surface area contributed by atoms with Gasteiger partial charge in [-0.2, -0.15) is 36.4 Å². The minimum Gasteiger partial charge on any atom is -0.490 e. The number of hydrogen-bond acceptors (Lipinski definition) is 3. The zero-order valence-electron chi connectivity index (χ0n) is 31.6. The summed E-state index contributed by atoms with van der Waals surface area (Å²) in [6.45, 7) is 18.5. The lowest BCUT2D eigenvalue weighted by Gasteiger charge is -2.26. The summed E-state index contributed by atoms with van der Waals surface area (Å²) in [5, 5.41) is 0. The molecule has 4 rings (SSSR count). The summed E-state index contributed by atoms with van der Waals surface area (Å²) in [5.74, 6) is 4.70. The lowest BCUT2D eigenvalue weighted by Crippen LogP contribution is -2.45. The molecule has 49 heavy (non-hydrogen) atoms. The maximum atomic E-state index is 6.89. The quantitative estimate of drug-likeness (QED) is 0.0851. The zero-order chi connectivity index (χ0) is 35.6. The Balaban J connectivity index is 0.000000974. The summed E-state index contributed by atoms with van der Waals surface area (Å²) in [6.07, 6.45) is 8.61. The van der Waals surface area contributed by atoms with E-state index in [2.05, 4.69) is 61.5 Å². The van der Waals surface area contributed by atoms with Gasteiger partial charge < -0.3 is 19.7 Å². The molecule has 264 valence electrons. The van der Waals surface area contributed by atoms with E-state index in [0.29, 0.717) is 35.2 Å². The van der Waals surface area contributed by atoms with E-state index in [1.807, 2.05) is 91.0 Å². The van der Waals surface area contributed by atoms with Crippen molar-refractivity contribution in [1.29, 1.82) is 0 Å². The molecule has 4 aromatic carbocycles. The fraction of sp³-hybridized carbons (Fsp3) is 0.455. The molecule has 0 aliphatic heterocycles. The van der Waals surface area contributed by atoms with Gasteiger partial charge in [-0.3, -0.25) is 0 Å². The Kier molecular flexibility index (Phi) is 17.4. The second-order valence-corrected chi connectivity index (χ2v) is 14.8. The molecule has 0 aliphatic carbocycles. The van der Waals surface area contributed by atoms with Gasteiger partial charge in [0, 0.05) is 11.1 Å². The molecule has 0 atom stereocenters. The average molecular weight is 664 g/mol. The smallest absolute Gasteiger partial charge is 0.490 e. The van der Waals surface area contributed by atoms with Crippen LogP contribution in [0.25, 0.3) is 0 Å². The van der Waals surface area contributed by atoms with Gasteiger partial charge in [0.15, 0.2) is 11.4 Å². The molecule has 0 spiro atoms. The Labute approximate surface area is 299 Å². The molecule has 0 radical (unpaired) electrons. The summed E-state index contributed by atoms with van der Waals surface area (Å²) >= 11 is 0. The largest absolute Gasteiger partial charge is 0.864 e. The van der Waals surface area contributed by atoms with Crippen molar-refractivity contribution in [2.75, 3.05) is 0 Å². The zero-order valence-corrected chi connectivity index (χ0v) is 31.6. The first kappa shape index (κ1) is 39.7. The Morgan fingerprint density at radius 2 is 0.857 bits per heavy atom. The Hall–Kier alpha value is -3.70. The summed E-state index contributed by atoms with van der Waals surface area (Å²) in [7, 11) is -0.958. The number of rotatable bonds is 18. The third-order valence-electron chi connectivity index (χ3n) is 8.66. The Morgan fingerprint density at radius 1 is 0.490 bits per heavy atom. The summed E-state index contributed by atoms with van der Waals surface area (Å²) in [6, 6.07) is 32.1. The highest BCUT2D eigenvalue weighted by Crippen LogP contribution is 2.40. The van der Waals surface area contributed by atoms with Gasteiger partial charge in [0.05, 0.1) is 0 Å². The molecule has 0 aromatic heterocycles. The van der Waals surface area contributed by atoms with Crippen LogP contribution < -0.4 is 19.7 Å². The van der Waals surface area contributed by atoms with Crippen molar-refractivity contribution in [2.45, 2.75) is 107 Å². The minimum absolute atomic E-state index is 0.579. The van der Waals surface area contributed by atoms with E-state index in [9.17, 15) is 0 Å². The van der Waals surface area contributed by atoms with E-state index in [4.69, 9.17) is 19.7 Å². The van der Waals surface area contributed by atoms with E-state index < -0.39 is 7.32 Å². The minimum atomic E-state index is -0.958. The van der Waals surface area contributed by atoms with Gasteiger partial charge in [-0.05, 0) is 110 Å². The summed E-state index contributed by atoms with van der Waals surface area (Å²) in [4.78, 5) is 0. The average Bonchev–Trinajstić information content (AvgIpc) is 3.08. The Bertz CT molecular complexity index is 1390. The van der Waals surface area contributed by atoms with Crippen molar-refractivity contribution in [3.63, 3.8) is 0 Å². The molecule has 0 aliphatic rings. The van der Waals surface area contributed by atoms with Crippen molar-refractivity contribution >= 4 is 13.0 Å². The molecule has 0 saturated heterocycles. The van der Waals surface area contributed by atoms with E-state index in [0.717, 1.165) is 56.4 Å². The molecule has 4 aromatic rings. The van der Waals surface area contributed by atoms with Gasteiger partial charge in [-0.25, -0.2) is 0 Å². The highest BCUT2D eigenvalue weighted by molar-refractivity contribution is 6.39. The van der Waals surface area contributed by atoms with Crippen LogP contribution in [0.3, 0.4) is 0 Å². The van der Waals surface area contributed by atoms with Crippen LogP contribution in [0.4, 0.5) is 5.69 Å². The first-order chi connectivity index (χ1) is 23.5. The van der Waals surface area contributed by atoms with Crippen molar-refractivity contribution in [3.8, 4) is 17.2 Å². The number of para-hydroxylation sites is 2. The van der Waals surface area contributed by atoms with Crippen LogP contribution in [-0.2, 0) is 25.7 Å². The van der Waals surface area contributed by atoms with Gasteiger partial charge >= 0.3 is 7.32 Å². The molecule has 5 heteroatoms. The number of hydrogen-bond donors (Lipinski definition) is 1. The highest BCUT2D eigenvalue weighted by atomic mass is 16.7. The maximum Gasteiger partial charge on any atom is 0.864 e. The predicted molar refractivity (Wildman–Crippen MR) is 207 cm³/mol. The highest BCUT2D eigenvalue weighted by Gasteiger charge is 2.35. The number of quaternary nitrogens is 1. The van der Waals surface area contributed by atoms with Gasteiger partial charge in [-0.15, -0.1) is 0 Å². The normalized spacial score (nSPS) is 11.1. The monoisotopic (exact) mass is 663 g/mol. The Morgan fingerprint density at radius 3 is 1.22 bits per heavy atom. The van der Waals surface area contributed by atoms with Gasteiger partial charge in [0.2, 0.25) is 0 Å². The molecular weight excluding hydrogens is 601 g/mol. The first-order valence-electron chi connectivity index (χ1n) is 18.6. The standard InChI is InChI=1S/C38H56BNO3.C6H5/c1-27(2)19-23-33-34(24-20-28(3)4)36(26-22-30(7)8)38(37(40)35(33)25-21-29(5)6)43-39(41-31-15-11-9-12-16-31)42-32-17-13-10-14-18-32;1-2-4-6-5-3-1/h9-18,27-30H,19-26,40H2,1-8H3;1-5H/q;-1/p+1. The first-order valence-corrected chi connectivity index (χ1v) is 18.6. The SMILES string of the molecule is CC(C)CCc1c([NH3+])c(OB(Oc2ccccc2)Oc2ccccc2)c(CCC(C)C)c(CCC(C)C)c1CCC(C)C.[c-]1ccccc1. The fourth-order valence-corrected chi connectivity index (χ4v) is 5.78. The molecule has 0 heterocycles. The van der Waals surface area contributed by atoms with Gasteiger partial charge in [-0.1, -0.05) is 91.8 Å². The molecular formula is C44H62BNO3. The van der Waals surface area contributed by atoms with Crippen LogP contribution in [-0.4, -0.2) is 7.32 Å². The predicted octanol–water partition coefficient (Wildman–Crippen LogP) is 10.9. The third kappa shape index (κ3) is 14.4. The van der Waals surface area contributed by atoms with Crippen LogP contribution in [0.1, 0.15) is 103 Å². The molecule has 0 bridgehead atoms. The maximum absolute atomic E-state index is 6.89. The summed E-state index contributed by atoms with van der Waals surface area (Å²) in [5.41, 5.74) is 11.4. The van der Waals surface area contributed by atoms with Crippen molar-refractivity contribution in [3.05, 3.63) is 119 Å². The van der Waals surface area contributed by atoms with Crippen molar-refractivity contribution < 1.29 is 19.7 Å². The lowest BCUT2D eigenvalue weighted by atomic mass is 9.82. The van der Waals surface area contributed by atoms with Gasteiger partial charge in [0.1, 0.15) is 11.5 Å². The van der Waals surface area contributed by atoms with E-state index in [1.54, 1.807) is 0 Å². The van der Waals surface area contributed by atoms with Crippen LogP contribution in [0.2, 0.25) is 0 Å². The molecule has 3 N–H and O–H groups in total. The second-order valence-electron chi connectivity index (χ2n) is 14.8. The molecule has 0 amide bonds. The lowest BCUT2D eigenvalue weighted by molar-refractivity contribution is -0.257. The number of benzene rings is 4. The van der Waals surface area contributed by atoms with Crippen LogP contribution in [0.5, 0.6) is 17.2 Å². The topological polar surface area (TPSA) is 55.3 Å². The van der Waals surface area contributed by atoms with Crippen LogP contribution >= 0.6 is 0 Å². The van der Waals surface area contributed by atoms with E-state index in [1.165, 1.54) is 28.7 Å². The van der Waals surface area contributed by atoms with E-state index >= 15 is 0 Å². The fourth-order valence-electron chi connectivity index (χ4n) is 5.78. The van der Waals surface area contributed by atoms with Crippen molar-refractivity contribution in [2.24, 2.45) is 23.7 Å². The molecule has 4 nitrogen and oxygen atoms in total. The van der Waals surface area contributed by atoms with E-state index in [-0.39, 0.29) is 0 Å². The van der Waals surface area contributed by atoms with Crippen molar-refractivity contribution in [1.82, 2.24) is 0 Å². The third-order valence-corrected chi connectivity index (χ3v) is 8.66. The van der Waals surface area contributed by atoms with Crippen LogP contribution in [0, 0.1) is 29.7 Å². The van der Waals surface area contributed by atoms with Gasteiger partial charge in [0.25, 0.3) is 0 Å². The molecule has 0 fully saturated rings.